The Morgan fingerprint density at radius 3 is 2.79 bits per heavy atom. The van der Waals surface area contributed by atoms with Crippen LogP contribution in [-0.2, 0) is 7.05 Å². The minimum Gasteiger partial charge on any atom is -0.491 e. The summed E-state index contributed by atoms with van der Waals surface area (Å²) in [6, 6.07) is 8.83. The van der Waals surface area contributed by atoms with Crippen molar-refractivity contribution in [2.75, 3.05) is 5.32 Å². The molecule has 0 aliphatic carbocycles. The Balaban J connectivity index is 2.10. The van der Waals surface area contributed by atoms with Gasteiger partial charge in [-0.1, -0.05) is 6.07 Å². The molecule has 0 aliphatic rings. The molecule has 2 aromatic rings. The van der Waals surface area contributed by atoms with Crippen LogP contribution in [0.1, 0.15) is 24.2 Å². The van der Waals surface area contributed by atoms with E-state index >= 15 is 0 Å². The number of amides is 1. The van der Waals surface area contributed by atoms with E-state index in [1.54, 1.807) is 42.2 Å². The van der Waals surface area contributed by atoms with Crippen LogP contribution in [-0.4, -0.2) is 21.8 Å². The average molecular weight is 259 g/mol. The lowest BCUT2D eigenvalue weighted by atomic mass is 10.2. The van der Waals surface area contributed by atoms with Gasteiger partial charge in [0.2, 0.25) is 0 Å². The fraction of sp³-hybridized carbons (Fsp3) is 0.286. The van der Waals surface area contributed by atoms with Crippen LogP contribution >= 0.6 is 0 Å². The van der Waals surface area contributed by atoms with E-state index in [1.165, 1.54) is 0 Å². The molecule has 19 heavy (non-hydrogen) atoms. The summed E-state index contributed by atoms with van der Waals surface area (Å²) in [6.45, 7) is 3.89. The van der Waals surface area contributed by atoms with E-state index in [0.29, 0.717) is 17.1 Å². The summed E-state index contributed by atoms with van der Waals surface area (Å²) in [6.07, 6.45) is 1.85. The molecule has 0 spiro atoms. The van der Waals surface area contributed by atoms with Crippen molar-refractivity contribution in [3.05, 3.63) is 42.1 Å². The Hall–Kier alpha value is -2.30. The maximum absolute atomic E-state index is 12.0. The quantitative estimate of drug-likeness (QED) is 0.917. The van der Waals surface area contributed by atoms with Gasteiger partial charge >= 0.3 is 0 Å². The molecule has 1 aromatic heterocycles. The third kappa shape index (κ3) is 3.58. The van der Waals surface area contributed by atoms with E-state index in [1.807, 2.05) is 19.9 Å². The number of ether oxygens (including phenoxy) is 1. The number of hydrogen-bond acceptors (Lipinski definition) is 3. The van der Waals surface area contributed by atoms with Gasteiger partial charge in [-0.3, -0.25) is 9.48 Å². The molecular formula is C14H17N3O2. The summed E-state index contributed by atoms with van der Waals surface area (Å²) in [5.41, 5.74) is 0.545. The van der Waals surface area contributed by atoms with Crippen LogP contribution < -0.4 is 10.1 Å². The standard InChI is InChI=1S/C14H17N3O2/c1-10(2)19-12-6-4-5-11(9-12)14(18)15-13-7-8-17(3)16-13/h4-10H,1-3H3,(H,15,16,18). The highest BCUT2D eigenvalue weighted by Gasteiger charge is 2.09. The zero-order valence-electron chi connectivity index (χ0n) is 11.3. The summed E-state index contributed by atoms with van der Waals surface area (Å²) in [4.78, 5) is 12.0. The number of carbonyl (C=O) groups is 1. The van der Waals surface area contributed by atoms with Crippen LogP contribution in [0.5, 0.6) is 5.75 Å². The molecule has 0 aliphatic heterocycles. The molecule has 1 amide bonds. The van der Waals surface area contributed by atoms with Crippen LogP contribution in [0.25, 0.3) is 0 Å². The first-order valence-corrected chi connectivity index (χ1v) is 6.12. The average Bonchev–Trinajstić information content (AvgIpc) is 2.74. The maximum Gasteiger partial charge on any atom is 0.256 e. The summed E-state index contributed by atoms with van der Waals surface area (Å²) in [5, 5.41) is 6.83. The van der Waals surface area contributed by atoms with Crippen LogP contribution in [0, 0.1) is 0 Å². The molecule has 100 valence electrons. The van der Waals surface area contributed by atoms with Crippen molar-refractivity contribution >= 4 is 11.7 Å². The third-order valence-electron chi connectivity index (χ3n) is 2.42. The number of rotatable bonds is 4. The number of hydrogen-bond donors (Lipinski definition) is 1. The fourth-order valence-electron chi connectivity index (χ4n) is 1.65. The van der Waals surface area contributed by atoms with Gasteiger partial charge in [0.15, 0.2) is 5.82 Å². The van der Waals surface area contributed by atoms with Crippen molar-refractivity contribution < 1.29 is 9.53 Å². The van der Waals surface area contributed by atoms with Crippen LogP contribution in [0.3, 0.4) is 0 Å². The van der Waals surface area contributed by atoms with Gasteiger partial charge in [-0.15, -0.1) is 0 Å². The van der Waals surface area contributed by atoms with Crippen molar-refractivity contribution in [2.24, 2.45) is 7.05 Å². The Morgan fingerprint density at radius 1 is 1.37 bits per heavy atom. The molecule has 5 heteroatoms. The molecular weight excluding hydrogens is 242 g/mol. The van der Waals surface area contributed by atoms with E-state index in [0.717, 1.165) is 0 Å². The molecule has 0 bridgehead atoms. The first-order chi connectivity index (χ1) is 9.04. The number of aromatic nitrogens is 2. The predicted octanol–water partition coefficient (Wildman–Crippen LogP) is 2.46. The van der Waals surface area contributed by atoms with E-state index in [4.69, 9.17) is 4.74 Å². The zero-order chi connectivity index (χ0) is 13.8. The van der Waals surface area contributed by atoms with Crippen LogP contribution in [0.2, 0.25) is 0 Å². The van der Waals surface area contributed by atoms with Gasteiger partial charge in [0.25, 0.3) is 5.91 Å². The Morgan fingerprint density at radius 2 is 2.16 bits per heavy atom. The molecule has 1 heterocycles. The monoisotopic (exact) mass is 259 g/mol. The molecule has 0 atom stereocenters. The molecule has 0 saturated heterocycles. The van der Waals surface area contributed by atoms with Gasteiger partial charge < -0.3 is 10.1 Å². The second-order valence-electron chi connectivity index (χ2n) is 4.52. The number of nitrogens with zero attached hydrogens (tertiary/aromatic N) is 2. The summed E-state index contributed by atoms with van der Waals surface area (Å²) in [5.74, 6) is 1.01. The lowest BCUT2D eigenvalue weighted by molar-refractivity contribution is 0.102. The highest BCUT2D eigenvalue weighted by Crippen LogP contribution is 2.16. The minimum absolute atomic E-state index is 0.0779. The Kier molecular flexibility index (Phi) is 3.85. The normalized spacial score (nSPS) is 10.5. The first-order valence-electron chi connectivity index (χ1n) is 6.12. The minimum atomic E-state index is -0.201. The fourth-order valence-corrected chi connectivity index (χ4v) is 1.65. The second-order valence-corrected chi connectivity index (χ2v) is 4.52. The number of benzene rings is 1. The zero-order valence-corrected chi connectivity index (χ0v) is 11.3. The van der Waals surface area contributed by atoms with Gasteiger partial charge in [0, 0.05) is 24.9 Å². The lowest BCUT2D eigenvalue weighted by Crippen LogP contribution is -2.13. The number of anilines is 1. The van der Waals surface area contributed by atoms with Crippen molar-refractivity contribution in [3.63, 3.8) is 0 Å². The number of aryl methyl sites for hydroxylation is 1. The number of carbonyl (C=O) groups excluding carboxylic acids is 1. The van der Waals surface area contributed by atoms with Gasteiger partial charge in [-0.25, -0.2) is 0 Å². The molecule has 1 aromatic carbocycles. The van der Waals surface area contributed by atoms with Gasteiger partial charge in [0.05, 0.1) is 6.10 Å². The second kappa shape index (κ2) is 5.56. The summed E-state index contributed by atoms with van der Waals surface area (Å²) in [7, 11) is 1.80. The highest BCUT2D eigenvalue weighted by molar-refractivity contribution is 6.03. The SMILES string of the molecule is CC(C)Oc1cccc(C(=O)Nc2ccn(C)n2)c1. The van der Waals surface area contributed by atoms with Gasteiger partial charge in [0.1, 0.15) is 5.75 Å². The van der Waals surface area contributed by atoms with Crippen molar-refractivity contribution in [2.45, 2.75) is 20.0 Å². The van der Waals surface area contributed by atoms with E-state index in [-0.39, 0.29) is 12.0 Å². The topological polar surface area (TPSA) is 56.1 Å². The molecule has 0 radical (unpaired) electrons. The van der Waals surface area contributed by atoms with E-state index in [2.05, 4.69) is 10.4 Å². The van der Waals surface area contributed by atoms with Crippen LogP contribution in [0.4, 0.5) is 5.82 Å². The van der Waals surface area contributed by atoms with Crippen molar-refractivity contribution in [3.8, 4) is 5.75 Å². The molecule has 0 fully saturated rings. The van der Waals surface area contributed by atoms with Crippen molar-refractivity contribution in [1.29, 1.82) is 0 Å². The molecule has 0 unspecified atom stereocenters. The van der Waals surface area contributed by atoms with E-state index < -0.39 is 0 Å². The Labute approximate surface area is 112 Å². The van der Waals surface area contributed by atoms with E-state index in [9.17, 15) is 4.79 Å². The van der Waals surface area contributed by atoms with Crippen LogP contribution in [0.15, 0.2) is 36.5 Å². The van der Waals surface area contributed by atoms with Gasteiger partial charge in [-0.05, 0) is 32.0 Å². The highest BCUT2D eigenvalue weighted by atomic mass is 16.5. The molecule has 5 nitrogen and oxygen atoms in total. The molecule has 0 saturated carbocycles. The molecule has 2 rings (SSSR count). The summed E-state index contributed by atoms with van der Waals surface area (Å²) < 4.78 is 7.19. The largest absolute Gasteiger partial charge is 0.491 e. The smallest absolute Gasteiger partial charge is 0.256 e. The Bertz CT molecular complexity index is 576. The van der Waals surface area contributed by atoms with Gasteiger partial charge in [-0.2, -0.15) is 5.10 Å². The third-order valence-corrected chi connectivity index (χ3v) is 2.42. The lowest BCUT2D eigenvalue weighted by Gasteiger charge is -2.10. The van der Waals surface area contributed by atoms with Crippen molar-refractivity contribution in [1.82, 2.24) is 9.78 Å². The molecule has 1 N–H and O–H groups in total. The predicted molar refractivity (Wildman–Crippen MR) is 73.4 cm³/mol. The number of nitrogens with one attached hydrogen (secondary N) is 1. The first kappa shape index (κ1) is 13.1. The maximum atomic E-state index is 12.0. The summed E-state index contributed by atoms with van der Waals surface area (Å²) >= 11 is 0.